The highest BCUT2D eigenvalue weighted by Gasteiger charge is 2.06. The Kier molecular flexibility index (Phi) is 2.85. The van der Waals surface area contributed by atoms with E-state index in [4.69, 9.17) is 5.73 Å². The fraction of sp³-hybridized carbons (Fsp3) is 0.500. The summed E-state index contributed by atoms with van der Waals surface area (Å²) in [5.41, 5.74) is 5.66. The summed E-state index contributed by atoms with van der Waals surface area (Å²) in [7, 11) is 0. The maximum atomic E-state index is 5.66. The van der Waals surface area contributed by atoms with Gasteiger partial charge >= 0.3 is 0 Å². The minimum atomic E-state index is 0.501. The average Bonchev–Trinajstić information content (AvgIpc) is 2.10. The summed E-state index contributed by atoms with van der Waals surface area (Å²) in [5, 5.41) is 0. The van der Waals surface area contributed by atoms with E-state index in [1.165, 1.54) is 0 Å². The molecule has 0 radical (unpaired) electrons. The third kappa shape index (κ3) is 1.64. The van der Waals surface area contributed by atoms with Gasteiger partial charge < -0.3 is 10.6 Å². The van der Waals surface area contributed by atoms with Crippen molar-refractivity contribution < 1.29 is 0 Å². The third-order valence-electron chi connectivity index (χ3n) is 1.77. The number of rotatable bonds is 3. The molecule has 0 aliphatic rings. The zero-order valence-corrected chi connectivity index (χ0v) is 7.49. The molecule has 1 aromatic rings. The van der Waals surface area contributed by atoms with Crippen molar-refractivity contribution in [2.75, 3.05) is 23.7 Å². The van der Waals surface area contributed by atoms with Gasteiger partial charge in [0.25, 0.3) is 0 Å². The number of aromatic nitrogens is 2. The average molecular weight is 166 g/mol. The van der Waals surface area contributed by atoms with Crippen molar-refractivity contribution in [1.29, 1.82) is 0 Å². The lowest BCUT2D eigenvalue weighted by Crippen LogP contribution is -2.24. The molecule has 1 rings (SSSR count). The van der Waals surface area contributed by atoms with Crippen LogP contribution in [-0.2, 0) is 0 Å². The SMILES string of the molecule is CCN(CC)c1nccnc1N. The summed E-state index contributed by atoms with van der Waals surface area (Å²) >= 11 is 0. The number of nitrogens with zero attached hydrogens (tertiary/aromatic N) is 3. The van der Waals surface area contributed by atoms with Crippen LogP contribution >= 0.6 is 0 Å². The molecule has 0 aliphatic heterocycles. The Bertz CT molecular complexity index is 245. The summed E-state index contributed by atoms with van der Waals surface area (Å²) < 4.78 is 0. The Hall–Kier alpha value is -1.32. The Morgan fingerprint density at radius 3 is 2.33 bits per heavy atom. The van der Waals surface area contributed by atoms with Crippen LogP contribution in [0.4, 0.5) is 11.6 Å². The lowest BCUT2D eigenvalue weighted by Gasteiger charge is -2.19. The molecule has 2 N–H and O–H groups in total. The van der Waals surface area contributed by atoms with Crippen molar-refractivity contribution in [3.63, 3.8) is 0 Å². The Labute approximate surface area is 72.4 Å². The predicted molar refractivity (Wildman–Crippen MR) is 50.0 cm³/mol. The van der Waals surface area contributed by atoms with Gasteiger partial charge in [0.2, 0.25) is 0 Å². The van der Waals surface area contributed by atoms with E-state index in [1.807, 2.05) is 0 Å². The van der Waals surface area contributed by atoms with Crippen LogP contribution in [0.1, 0.15) is 13.8 Å². The molecule has 66 valence electrons. The largest absolute Gasteiger partial charge is 0.381 e. The van der Waals surface area contributed by atoms with Crippen LogP contribution in [0, 0.1) is 0 Å². The Morgan fingerprint density at radius 2 is 1.83 bits per heavy atom. The molecule has 1 aromatic heterocycles. The van der Waals surface area contributed by atoms with Gasteiger partial charge in [-0.05, 0) is 13.8 Å². The van der Waals surface area contributed by atoms with Crippen molar-refractivity contribution in [3.05, 3.63) is 12.4 Å². The van der Waals surface area contributed by atoms with E-state index < -0.39 is 0 Å². The van der Waals surface area contributed by atoms with Gasteiger partial charge in [-0.25, -0.2) is 9.97 Å². The van der Waals surface area contributed by atoms with Crippen LogP contribution in [0.5, 0.6) is 0 Å². The van der Waals surface area contributed by atoms with E-state index in [2.05, 4.69) is 28.7 Å². The van der Waals surface area contributed by atoms with Crippen molar-refractivity contribution in [2.45, 2.75) is 13.8 Å². The minimum absolute atomic E-state index is 0.501. The van der Waals surface area contributed by atoms with Crippen molar-refractivity contribution in [2.24, 2.45) is 0 Å². The van der Waals surface area contributed by atoms with E-state index in [0.29, 0.717) is 5.82 Å². The zero-order valence-electron chi connectivity index (χ0n) is 7.49. The monoisotopic (exact) mass is 166 g/mol. The summed E-state index contributed by atoms with van der Waals surface area (Å²) in [6.45, 7) is 5.94. The van der Waals surface area contributed by atoms with Gasteiger partial charge in [0.1, 0.15) is 0 Å². The van der Waals surface area contributed by atoms with Gasteiger partial charge in [-0.2, -0.15) is 0 Å². The van der Waals surface area contributed by atoms with E-state index in [0.717, 1.165) is 18.9 Å². The van der Waals surface area contributed by atoms with Gasteiger partial charge in [0, 0.05) is 25.5 Å². The first-order valence-electron chi connectivity index (χ1n) is 4.11. The van der Waals surface area contributed by atoms with Crippen molar-refractivity contribution in [3.8, 4) is 0 Å². The van der Waals surface area contributed by atoms with Crippen LogP contribution in [0.2, 0.25) is 0 Å². The van der Waals surface area contributed by atoms with Crippen LogP contribution < -0.4 is 10.6 Å². The lowest BCUT2D eigenvalue weighted by molar-refractivity contribution is 0.843. The van der Waals surface area contributed by atoms with Crippen LogP contribution in [0.3, 0.4) is 0 Å². The summed E-state index contributed by atoms with van der Waals surface area (Å²) in [6, 6.07) is 0. The quantitative estimate of drug-likeness (QED) is 0.725. The predicted octanol–water partition coefficient (Wildman–Crippen LogP) is 0.905. The molecule has 0 aromatic carbocycles. The van der Waals surface area contributed by atoms with E-state index in [9.17, 15) is 0 Å². The Balaban J connectivity index is 2.92. The van der Waals surface area contributed by atoms with Crippen molar-refractivity contribution in [1.82, 2.24) is 9.97 Å². The number of hydrogen-bond donors (Lipinski definition) is 1. The molecule has 0 amide bonds. The number of nitrogens with two attached hydrogens (primary N) is 1. The smallest absolute Gasteiger partial charge is 0.171 e. The fourth-order valence-electron chi connectivity index (χ4n) is 1.11. The van der Waals surface area contributed by atoms with Gasteiger partial charge in [-0.3, -0.25) is 0 Å². The van der Waals surface area contributed by atoms with Gasteiger partial charge in [-0.1, -0.05) is 0 Å². The number of hydrogen-bond acceptors (Lipinski definition) is 4. The minimum Gasteiger partial charge on any atom is -0.381 e. The summed E-state index contributed by atoms with van der Waals surface area (Å²) in [5.74, 6) is 1.28. The molecular weight excluding hydrogens is 152 g/mol. The van der Waals surface area contributed by atoms with Gasteiger partial charge in [0.05, 0.1) is 0 Å². The zero-order chi connectivity index (χ0) is 8.97. The molecule has 0 spiro atoms. The first-order chi connectivity index (χ1) is 5.79. The van der Waals surface area contributed by atoms with E-state index >= 15 is 0 Å². The van der Waals surface area contributed by atoms with E-state index in [-0.39, 0.29) is 0 Å². The second kappa shape index (κ2) is 3.90. The van der Waals surface area contributed by atoms with Crippen LogP contribution in [-0.4, -0.2) is 23.1 Å². The molecule has 0 fully saturated rings. The molecule has 0 saturated carbocycles. The highest BCUT2D eigenvalue weighted by atomic mass is 15.2. The maximum Gasteiger partial charge on any atom is 0.171 e. The standard InChI is InChI=1S/C8H14N4/c1-3-12(4-2)8-7(9)10-5-6-11-8/h5-6H,3-4H2,1-2H3,(H2,9,10). The molecule has 0 unspecified atom stereocenters. The molecule has 12 heavy (non-hydrogen) atoms. The number of nitrogen functional groups attached to an aromatic ring is 1. The first kappa shape index (κ1) is 8.77. The Morgan fingerprint density at radius 1 is 1.25 bits per heavy atom. The van der Waals surface area contributed by atoms with Crippen LogP contribution in [0.25, 0.3) is 0 Å². The molecule has 4 heteroatoms. The van der Waals surface area contributed by atoms with Gasteiger partial charge in [-0.15, -0.1) is 0 Å². The topological polar surface area (TPSA) is 55.0 Å². The second-order valence-electron chi connectivity index (χ2n) is 2.44. The summed E-state index contributed by atoms with van der Waals surface area (Å²) in [6.07, 6.45) is 3.26. The molecule has 0 saturated heterocycles. The molecule has 0 bridgehead atoms. The summed E-state index contributed by atoms with van der Waals surface area (Å²) in [4.78, 5) is 10.2. The highest BCUT2D eigenvalue weighted by molar-refractivity contribution is 5.56. The highest BCUT2D eigenvalue weighted by Crippen LogP contribution is 2.15. The molecule has 1 heterocycles. The molecular formula is C8H14N4. The first-order valence-corrected chi connectivity index (χ1v) is 4.11. The molecule has 4 nitrogen and oxygen atoms in total. The van der Waals surface area contributed by atoms with E-state index in [1.54, 1.807) is 12.4 Å². The third-order valence-corrected chi connectivity index (χ3v) is 1.77. The number of anilines is 2. The fourth-order valence-corrected chi connectivity index (χ4v) is 1.11. The molecule has 0 aliphatic carbocycles. The maximum absolute atomic E-state index is 5.66. The normalized spacial score (nSPS) is 9.83. The second-order valence-corrected chi connectivity index (χ2v) is 2.44. The van der Waals surface area contributed by atoms with Crippen LogP contribution in [0.15, 0.2) is 12.4 Å². The van der Waals surface area contributed by atoms with Gasteiger partial charge in [0.15, 0.2) is 11.6 Å². The molecule has 0 atom stereocenters. The lowest BCUT2D eigenvalue weighted by atomic mass is 10.4. The van der Waals surface area contributed by atoms with Crippen molar-refractivity contribution >= 4 is 11.6 Å².